The number of para-hydroxylation sites is 2. The second kappa shape index (κ2) is 8.37. The highest BCUT2D eigenvalue weighted by molar-refractivity contribution is 5.91. The lowest BCUT2D eigenvalue weighted by atomic mass is 9.98. The van der Waals surface area contributed by atoms with E-state index in [1.165, 1.54) is 18.9 Å². The molecule has 1 amide bonds. The van der Waals surface area contributed by atoms with Gasteiger partial charge in [0.2, 0.25) is 0 Å². The van der Waals surface area contributed by atoms with Gasteiger partial charge >= 0.3 is 0 Å². The van der Waals surface area contributed by atoms with Gasteiger partial charge in [-0.05, 0) is 61.7 Å². The number of nitrogens with zero attached hydrogens (tertiary/aromatic N) is 2. The Kier molecular flexibility index (Phi) is 5.50. The predicted molar refractivity (Wildman–Crippen MR) is 110 cm³/mol. The Hall–Kier alpha value is -2.96. The van der Waals surface area contributed by atoms with Crippen molar-refractivity contribution in [2.75, 3.05) is 13.1 Å². The zero-order valence-corrected chi connectivity index (χ0v) is 15.6. The van der Waals surface area contributed by atoms with Crippen LogP contribution in [-0.2, 0) is 11.3 Å². The summed E-state index contributed by atoms with van der Waals surface area (Å²) < 4.78 is 2.33. The van der Waals surface area contributed by atoms with E-state index < -0.39 is 5.91 Å². The van der Waals surface area contributed by atoms with Crippen molar-refractivity contribution in [1.29, 1.82) is 0 Å². The van der Waals surface area contributed by atoms with E-state index in [1.807, 2.05) is 36.4 Å². The standard InChI is InChI=1S/C22H24N4O2/c27-21(25-28)9-8-16-4-3-5-18(14-16)22-24-19-6-1-2-7-20(19)26(22)15-17-10-12-23-13-11-17/h1-9,14,17,23,28H,10-13,15H2,(H,25,27). The molecule has 1 fully saturated rings. The van der Waals surface area contributed by atoms with E-state index in [9.17, 15) is 4.79 Å². The fourth-order valence-electron chi connectivity index (χ4n) is 3.79. The minimum absolute atomic E-state index is 0.552. The summed E-state index contributed by atoms with van der Waals surface area (Å²) >= 11 is 0. The second-order valence-corrected chi connectivity index (χ2v) is 7.16. The number of hydrogen-bond donors (Lipinski definition) is 3. The van der Waals surface area contributed by atoms with Crippen molar-refractivity contribution >= 4 is 23.0 Å². The summed E-state index contributed by atoms with van der Waals surface area (Å²) in [4.78, 5) is 16.2. The Labute approximate surface area is 163 Å². The third-order valence-electron chi connectivity index (χ3n) is 5.24. The smallest absolute Gasteiger partial charge is 0.267 e. The fourth-order valence-corrected chi connectivity index (χ4v) is 3.79. The van der Waals surface area contributed by atoms with Crippen molar-refractivity contribution in [3.63, 3.8) is 0 Å². The minimum Gasteiger partial charge on any atom is -0.324 e. The minimum atomic E-state index is -0.552. The van der Waals surface area contributed by atoms with Crippen LogP contribution in [0.2, 0.25) is 0 Å². The van der Waals surface area contributed by atoms with Crippen molar-refractivity contribution in [3.8, 4) is 11.4 Å². The molecular weight excluding hydrogens is 352 g/mol. The number of imidazole rings is 1. The maximum Gasteiger partial charge on any atom is 0.267 e. The lowest BCUT2D eigenvalue weighted by Gasteiger charge is -2.24. The van der Waals surface area contributed by atoms with Crippen LogP contribution in [0.1, 0.15) is 18.4 Å². The van der Waals surface area contributed by atoms with Crippen LogP contribution in [0, 0.1) is 5.92 Å². The summed E-state index contributed by atoms with van der Waals surface area (Å²) in [7, 11) is 0. The van der Waals surface area contributed by atoms with Crippen molar-refractivity contribution < 1.29 is 10.0 Å². The first-order chi connectivity index (χ1) is 13.7. The number of fused-ring (bicyclic) bond motifs is 1. The van der Waals surface area contributed by atoms with Gasteiger partial charge in [0.05, 0.1) is 11.0 Å². The number of nitrogens with one attached hydrogen (secondary N) is 2. The molecule has 0 bridgehead atoms. The van der Waals surface area contributed by atoms with Crippen molar-refractivity contribution in [3.05, 3.63) is 60.2 Å². The number of hydrogen-bond acceptors (Lipinski definition) is 4. The van der Waals surface area contributed by atoms with Gasteiger partial charge in [0.25, 0.3) is 5.91 Å². The molecule has 0 radical (unpaired) electrons. The van der Waals surface area contributed by atoms with E-state index >= 15 is 0 Å². The van der Waals surface area contributed by atoms with Gasteiger partial charge in [-0.3, -0.25) is 10.0 Å². The molecule has 6 nitrogen and oxygen atoms in total. The number of aromatic nitrogens is 2. The van der Waals surface area contributed by atoms with Crippen LogP contribution in [0.5, 0.6) is 0 Å². The van der Waals surface area contributed by atoms with Gasteiger partial charge < -0.3 is 9.88 Å². The first-order valence-corrected chi connectivity index (χ1v) is 9.63. The maximum absolute atomic E-state index is 11.3. The number of carbonyl (C=O) groups excluding carboxylic acids is 1. The Morgan fingerprint density at radius 2 is 2.04 bits per heavy atom. The Bertz CT molecular complexity index is 1000. The lowest BCUT2D eigenvalue weighted by molar-refractivity contribution is -0.124. The molecule has 2 heterocycles. The number of rotatable bonds is 5. The molecule has 0 atom stereocenters. The van der Waals surface area contributed by atoms with Crippen LogP contribution >= 0.6 is 0 Å². The zero-order chi connectivity index (χ0) is 19.3. The summed E-state index contributed by atoms with van der Waals surface area (Å²) in [6.45, 7) is 3.09. The van der Waals surface area contributed by atoms with Crippen LogP contribution in [0.3, 0.4) is 0 Å². The van der Waals surface area contributed by atoms with E-state index in [-0.39, 0.29) is 0 Å². The first-order valence-electron chi connectivity index (χ1n) is 9.63. The molecular formula is C22H24N4O2. The van der Waals surface area contributed by atoms with Gasteiger partial charge in [0, 0.05) is 18.2 Å². The lowest BCUT2D eigenvalue weighted by Crippen LogP contribution is -2.30. The van der Waals surface area contributed by atoms with Gasteiger partial charge in [-0.15, -0.1) is 0 Å². The molecule has 1 aromatic heterocycles. The number of carbonyl (C=O) groups is 1. The Morgan fingerprint density at radius 3 is 2.86 bits per heavy atom. The molecule has 4 rings (SSSR count). The van der Waals surface area contributed by atoms with Crippen LogP contribution in [-0.4, -0.2) is 33.8 Å². The topological polar surface area (TPSA) is 79.2 Å². The van der Waals surface area contributed by atoms with E-state index in [2.05, 4.69) is 22.0 Å². The molecule has 3 aromatic rings. The third kappa shape index (κ3) is 3.98. The quantitative estimate of drug-likeness (QED) is 0.363. The molecule has 1 aliphatic rings. The van der Waals surface area contributed by atoms with Gasteiger partial charge in [-0.25, -0.2) is 10.5 Å². The van der Waals surface area contributed by atoms with Crippen molar-refractivity contribution in [2.45, 2.75) is 19.4 Å². The maximum atomic E-state index is 11.3. The van der Waals surface area contributed by atoms with Gasteiger partial charge in [-0.1, -0.05) is 30.3 Å². The summed E-state index contributed by atoms with van der Waals surface area (Å²) in [6.07, 6.45) is 5.32. The molecule has 0 unspecified atom stereocenters. The largest absolute Gasteiger partial charge is 0.324 e. The average molecular weight is 376 g/mol. The predicted octanol–water partition coefficient (Wildman–Crippen LogP) is 3.22. The average Bonchev–Trinajstić information content (AvgIpc) is 3.11. The van der Waals surface area contributed by atoms with Gasteiger partial charge in [0.1, 0.15) is 5.82 Å². The Morgan fingerprint density at radius 1 is 1.21 bits per heavy atom. The molecule has 6 heteroatoms. The van der Waals surface area contributed by atoms with Crippen LogP contribution in [0.25, 0.3) is 28.5 Å². The van der Waals surface area contributed by atoms with Gasteiger partial charge in [0.15, 0.2) is 0 Å². The van der Waals surface area contributed by atoms with Crippen LogP contribution in [0.15, 0.2) is 54.6 Å². The highest BCUT2D eigenvalue weighted by Crippen LogP contribution is 2.28. The Balaban J connectivity index is 1.72. The molecule has 28 heavy (non-hydrogen) atoms. The number of amides is 1. The summed E-state index contributed by atoms with van der Waals surface area (Å²) in [6, 6.07) is 16.2. The van der Waals surface area contributed by atoms with E-state index in [0.29, 0.717) is 5.92 Å². The molecule has 1 saturated heterocycles. The molecule has 144 valence electrons. The van der Waals surface area contributed by atoms with Gasteiger partial charge in [-0.2, -0.15) is 0 Å². The number of benzene rings is 2. The SMILES string of the molecule is O=C(C=Cc1cccc(-c2nc3ccccc3n2CC2CCNCC2)c1)NO. The van der Waals surface area contributed by atoms with Crippen molar-refractivity contribution in [1.82, 2.24) is 20.3 Å². The van der Waals surface area contributed by atoms with E-state index in [0.717, 1.165) is 47.6 Å². The zero-order valence-electron chi connectivity index (χ0n) is 15.6. The highest BCUT2D eigenvalue weighted by atomic mass is 16.5. The molecule has 0 spiro atoms. The molecule has 0 aliphatic carbocycles. The molecule has 2 aromatic carbocycles. The monoisotopic (exact) mass is 376 g/mol. The first kappa shape index (κ1) is 18.4. The highest BCUT2D eigenvalue weighted by Gasteiger charge is 2.18. The number of hydroxylamine groups is 1. The van der Waals surface area contributed by atoms with Crippen LogP contribution < -0.4 is 10.8 Å². The van der Waals surface area contributed by atoms with E-state index in [4.69, 9.17) is 10.2 Å². The number of piperidine rings is 1. The van der Waals surface area contributed by atoms with E-state index in [1.54, 1.807) is 11.6 Å². The summed E-state index contributed by atoms with van der Waals surface area (Å²) in [5.41, 5.74) is 5.64. The molecule has 3 N–H and O–H groups in total. The third-order valence-corrected chi connectivity index (χ3v) is 5.24. The molecule has 1 aliphatic heterocycles. The fraction of sp³-hybridized carbons (Fsp3) is 0.273. The summed E-state index contributed by atoms with van der Waals surface area (Å²) in [5.74, 6) is 1.03. The van der Waals surface area contributed by atoms with Crippen LogP contribution in [0.4, 0.5) is 0 Å². The molecule has 0 saturated carbocycles. The normalized spacial score (nSPS) is 15.3. The summed E-state index contributed by atoms with van der Waals surface area (Å²) in [5, 5.41) is 12.1. The van der Waals surface area contributed by atoms with Crippen molar-refractivity contribution in [2.24, 2.45) is 5.92 Å². The second-order valence-electron chi connectivity index (χ2n) is 7.16.